The minimum absolute atomic E-state index is 0.0536. The number of nitrogens with one attached hydrogen (secondary N) is 2. The number of piperidine rings is 1. The molecule has 1 aliphatic heterocycles. The van der Waals surface area contributed by atoms with Crippen LogP contribution in [-0.2, 0) is 9.53 Å². The molecular weight excluding hydrogens is 350 g/mol. The largest absolute Gasteiger partial charge is 0.382 e. The summed E-state index contributed by atoms with van der Waals surface area (Å²) in [6.45, 7) is 11.4. The van der Waals surface area contributed by atoms with Crippen molar-refractivity contribution in [3.63, 3.8) is 0 Å². The maximum Gasteiger partial charge on any atom is 0.238 e. The summed E-state index contributed by atoms with van der Waals surface area (Å²) in [6, 6.07) is 6.02. The smallest absolute Gasteiger partial charge is 0.238 e. The number of carbonyl (C=O) groups excluding carboxylic acids is 1. The van der Waals surface area contributed by atoms with Gasteiger partial charge < -0.3 is 20.3 Å². The Balaban J connectivity index is 1.70. The van der Waals surface area contributed by atoms with Gasteiger partial charge in [0, 0.05) is 32.3 Å². The molecule has 0 radical (unpaired) electrons. The molecular formula is C20H32ClN3O2. The summed E-state index contributed by atoms with van der Waals surface area (Å²) in [6.07, 6.45) is 2.15. The van der Waals surface area contributed by atoms with Crippen molar-refractivity contribution >= 4 is 23.2 Å². The van der Waals surface area contributed by atoms with E-state index in [0.717, 1.165) is 51.3 Å². The van der Waals surface area contributed by atoms with Crippen LogP contribution in [0.25, 0.3) is 0 Å². The first kappa shape index (κ1) is 21.2. The lowest BCUT2D eigenvalue weighted by atomic mass is 9.93. The second-order valence-corrected chi connectivity index (χ2v) is 7.54. The van der Waals surface area contributed by atoms with Crippen LogP contribution in [0.4, 0.5) is 5.69 Å². The Morgan fingerprint density at radius 1 is 1.42 bits per heavy atom. The Kier molecular flexibility index (Phi) is 8.85. The van der Waals surface area contributed by atoms with Crippen molar-refractivity contribution in [2.45, 2.75) is 39.7 Å². The number of hydrogen-bond donors (Lipinski definition) is 2. The second-order valence-electron chi connectivity index (χ2n) is 7.14. The molecule has 0 unspecified atom stereocenters. The summed E-state index contributed by atoms with van der Waals surface area (Å²) in [7, 11) is 0. The van der Waals surface area contributed by atoms with Gasteiger partial charge >= 0.3 is 0 Å². The van der Waals surface area contributed by atoms with E-state index in [1.54, 1.807) is 0 Å². The maximum atomic E-state index is 12.2. The van der Waals surface area contributed by atoms with E-state index in [0.29, 0.717) is 29.2 Å². The highest BCUT2D eigenvalue weighted by Crippen LogP contribution is 2.22. The topological polar surface area (TPSA) is 53.6 Å². The molecule has 26 heavy (non-hydrogen) atoms. The van der Waals surface area contributed by atoms with Crippen molar-refractivity contribution in [1.82, 2.24) is 10.2 Å². The fourth-order valence-electron chi connectivity index (χ4n) is 3.41. The van der Waals surface area contributed by atoms with Crippen LogP contribution in [-0.4, -0.2) is 56.2 Å². The second kappa shape index (κ2) is 10.9. The molecule has 2 rings (SSSR count). The lowest BCUT2D eigenvalue weighted by Crippen LogP contribution is -2.50. The fourth-order valence-corrected chi connectivity index (χ4v) is 3.69. The van der Waals surface area contributed by atoms with E-state index in [2.05, 4.69) is 22.5 Å². The first-order valence-electron chi connectivity index (χ1n) is 9.59. The SMILES string of the molecule is CCOCCCN1CC[C@@H](NCC(=O)Nc2ccc(C)cc2Cl)[C@@H](C)C1. The molecule has 6 heteroatoms. The predicted octanol–water partition coefficient (Wildman–Crippen LogP) is 3.31. The van der Waals surface area contributed by atoms with Crippen LogP contribution in [0.5, 0.6) is 0 Å². The Morgan fingerprint density at radius 2 is 2.23 bits per heavy atom. The van der Waals surface area contributed by atoms with E-state index < -0.39 is 0 Å². The number of amides is 1. The summed E-state index contributed by atoms with van der Waals surface area (Å²) in [4.78, 5) is 14.7. The van der Waals surface area contributed by atoms with Crippen LogP contribution in [0, 0.1) is 12.8 Å². The first-order valence-corrected chi connectivity index (χ1v) is 9.97. The Bertz CT molecular complexity index is 582. The number of nitrogens with zero attached hydrogens (tertiary/aromatic N) is 1. The first-order chi connectivity index (χ1) is 12.5. The molecule has 0 aromatic heterocycles. The monoisotopic (exact) mass is 381 g/mol. The number of hydrogen-bond acceptors (Lipinski definition) is 4. The average Bonchev–Trinajstić information content (AvgIpc) is 2.60. The molecule has 0 saturated carbocycles. The van der Waals surface area contributed by atoms with Crippen LogP contribution < -0.4 is 10.6 Å². The summed E-state index contributed by atoms with van der Waals surface area (Å²) in [5.74, 6) is 0.466. The minimum atomic E-state index is -0.0536. The molecule has 1 heterocycles. The van der Waals surface area contributed by atoms with Crippen molar-refractivity contribution in [2.75, 3.05) is 44.7 Å². The van der Waals surface area contributed by atoms with E-state index in [-0.39, 0.29) is 5.91 Å². The molecule has 0 aliphatic carbocycles. The molecule has 146 valence electrons. The Morgan fingerprint density at radius 3 is 2.92 bits per heavy atom. The zero-order valence-electron chi connectivity index (χ0n) is 16.2. The fraction of sp³-hybridized carbons (Fsp3) is 0.650. The molecule has 0 bridgehead atoms. The molecule has 1 aromatic rings. The van der Waals surface area contributed by atoms with Gasteiger partial charge in [0.05, 0.1) is 17.3 Å². The molecule has 5 nitrogen and oxygen atoms in total. The zero-order valence-corrected chi connectivity index (χ0v) is 16.9. The van der Waals surface area contributed by atoms with Gasteiger partial charge in [0.2, 0.25) is 5.91 Å². The standard InChI is InChI=1S/C20H32ClN3O2/c1-4-26-11-5-9-24-10-8-18(16(3)14-24)22-13-20(25)23-19-7-6-15(2)12-17(19)21/h6-7,12,16,18,22H,4-5,8-11,13-14H2,1-3H3,(H,23,25)/t16-,18+/m0/s1. The van der Waals surface area contributed by atoms with E-state index in [1.165, 1.54) is 0 Å². The highest BCUT2D eigenvalue weighted by Gasteiger charge is 2.25. The van der Waals surface area contributed by atoms with Crippen molar-refractivity contribution < 1.29 is 9.53 Å². The van der Waals surface area contributed by atoms with Crippen molar-refractivity contribution in [3.8, 4) is 0 Å². The minimum Gasteiger partial charge on any atom is -0.382 e. The van der Waals surface area contributed by atoms with Crippen molar-refractivity contribution in [2.24, 2.45) is 5.92 Å². The molecule has 0 spiro atoms. The summed E-state index contributed by atoms with van der Waals surface area (Å²) >= 11 is 6.17. The maximum absolute atomic E-state index is 12.2. The highest BCUT2D eigenvalue weighted by atomic mass is 35.5. The van der Waals surface area contributed by atoms with Gasteiger partial charge in [-0.2, -0.15) is 0 Å². The quantitative estimate of drug-likeness (QED) is 0.644. The Hall–Kier alpha value is -1.14. The number of halogens is 1. The highest BCUT2D eigenvalue weighted by molar-refractivity contribution is 6.33. The van der Waals surface area contributed by atoms with Crippen LogP contribution in [0.2, 0.25) is 5.02 Å². The number of carbonyl (C=O) groups is 1. The summed E-state index contributed by atoms with van der Waals surface area (Å²) < 4.78 is 5.41. The van der Waals surface area contributed by atoms with Gasteiger partial charge in [-0.05, 0) is 56.8 Å². The van der Waals surface area contributed by atoms with Gasteiger partial charge in [-0.3, -0.25) is 4.79 Å². The number of benzene rings is 1. The third-order valence-corrected chi connectivity index (χ3v) is 5.19. The van der Waals surface area contributed by atoms with E-state index in [1.807, 2.05) is 32.0 Å². The predicted molar refractivity (Wildman–Crippen MR) is 108 cm³/mol. The van der Waals surface area contributed by atoms with Gasteiger partial charge in [0.25, 0.3) is 0 Å². The van der Waals surface area contributed by atoms with Gasteiger partial charge in [0.15, 0.2) is 0 Å². The molecule has 2 atom stereocenters. The van der Waals surface area contributed by atoms with Crippen LogP contribution in [0.15, 0.2) is 18.2 Å². The Labute approximate surface area is 162 Å². The number of rotatable bonds is 9. The van der Waals surface area contributed by atoms with Gasteiger partial charge in [-0.1, -0.05) is 24.6 Å². The lowest BCUT2D eigenvalue weighted by Gasteiger charge is -2.37. The molecule has 2 N–H and O–H groups in total. The van der Waals surface area contributed by atoms with Crippen molar-refractivity contribution in [1.29, 1.82) is 0 Å². The summed E-state index contributed by atoms with van der Waals surface area (Å²) in [5, 5.41) is 6.87. The zero-order chi connectivity index (χ0) is 18.9. The van der Waals surface area contributed by atoms with Gasteiger partial charge in [0.1, 0.15) is 0 Å². The average molecular weight is 382 g/mol. The number of likely N-dealkylation sites (tertiary alicyclic amines) is 1. The van der Waals surface area contributed by atoms with Gasteiger partial charge in [-0.15, -0.1) is 0 Å². The normalized spacial score (nSPS) is 20.9. The lowest BCUT2D eigenvalue weighted by molar-refractivity contribution is -0.115. The molecule has 1 aromatic carbocycles. The van der Waals surface area contributed by atoms with E-state index >= 15 is 0 Å². The third kappa shape index (κ3) is 6.88. The molecule has 1 aliphatic rings. The van der Waals surface area contributed by atoms with Gasteiger partial charge in [-0.25, -0.2) is 0 Å². The molecule has 1 amide bonds. The van der Waals surface area contributed by atoms with Crippen LogP contribution in [0.3, 0.4) is 0 Å². The number of anilines is 1. The van der Waals surface area contributed by atoms with Crippen molar-refractivity contribution in [3.05, 3.63) is 28.8 Å². The molecule has 1 saturated heterocycles. The number of ether oxygens (including phenoxy) is 1. The van der Waals surface area contributed by atoms with Crippen LogP contribution >= 0.6 is 11.6 Å². The molecule has 1 fully saturated rings. The number of aryl methyl sites for hydroxylation is 1. The van der Waals surface area contributed by atoms with Crippen LogP contribution in [0.1, 0.15) is 32.3 Å². The summed E-state index contributed by atoms with van der Waals surface area (Å²) in [5.41, 5.74) is 1.74. The third-order valence-electron chi connectivity index (χ3n) is 4.88. The van der Waals surface area contributed by atoms with E-state index in [4.69, 9.17) is 16.3 Å². The van der Waals surface area contributed by atoms with E-state index in [9.17, 15) is 4.79 Å².